The quantitative estimate of drug-likeness (QED) is 0.800. The van der Waals surface area contributed by atoms with Crippen molar-refractivity contribution >= 4 is 15.7 Å². The fourth-order valence-corrected chi connectivity index (χ4v) is 3.18. The molecule has 1 heterocycles. The van der Waals surface area contributed by atoms with Crippen LogP contribution in [0.5, 0.6) is 0 Å². The van der Waals surface area contributed by atoms with Gasteiger partial charge in [0.1, 0.15) is 0 Å². The van der Waals surface area contributed by atoms with Crippen molar-refractivity contribution in [2.45, 2.75) is 23.8 Å². The lowest BCUT2D eigenvalue weighted by Gasteiger charge is -2.31. The molecule has 0 atom stereocenters. The monoisotopic (exact) mass is 307 g/mol. The van der Waals surface area contributed by atoms with Crippen LogP contribution in [0.15, 0.2) is 29.2 Å². The Bertz CT molecular complexity index is 597. The van der Waals surface area contributed by atoms with Gasteiger partial charge >= 0.3 is 0 Å². The van der Waals surface area contributed by atoms with Crippen molar-refractivity contribution < 1.29 is 8.42 Å². The molecule has 21 heavy (non-hydrogen) atoms. The largest absolute Gasteiger partial charge is 0.382 e. The number of sulfonamides is 1. The Hall–Kier alpha value is -1.55. The van der Waals surface area contributed by atoms with Gasteiger partial charge in [0.05, 0.1) is 11.4 Å². The molecule has 6 heteroatoms. The SMILES string of the molecule is C#CCN1CCC(Nc2ccc(S(=O)(=O)NC)cc2)CC1. The number of nitrogens with zero attached hydrogens (tertiary/aromatic N) is 1. The lowest BCUT2D eigenvalue weighted by molar-refractivity contribution is 0.243. The highest BCUT2D eigenvalue weighted by atomic mass is 32.2. The highest BCUT2D eigenvalue weighted by Crippen LogP contribution is 2.18. The first-order valence-corrected chi connectivity index (χ1v) is 8.49. The predicted molar refractivity (Wildman–Crippen MR) is 84.6 cm³/mol. The van der Waals surface area contributed by atoms with Gasteiger partial charge in [-0.2, -0.15) is 0 Å². The van der Waals surface area contributed by atoms with E-state index in [0.29, 0.717) is 12.6 Å². The second-order valence-electron chi connectivity index (χ2n) is 5.13. The molecule has 0 aliphatic carbocycles. The van der Waals surface area contributed by atoms with Crippen molar-refractivity contribution in [2.75, 3.05) is 32.0 Å². The predicted octanol–water partition coefficient (Wildman–Crippen LogP) is 1.10. The Kier molecular flexibility index (Phi) is 5.23. The topological polar surface area (TPSA) is 61.4 Å². The molecule has 114 valence electrons. The molecule has 1 fully saturated rings. The molecule has 5 nitrogen and oxygen atoms in total. The Morgan fingerprint density at radius 1 is 1.29 bits per heavy atom. The van der Waals surface area contributed by atoms with Gasteiger partial charge in [0.25, 0.3) is 0 Å². The molecule has 0 aromatic heterocycles. The maximum absolute atomic E-state index is 11.6. The number of benzene rings is 1. The van der Waals surface area contributed by atoms with E-state index in [1.54, 1.807) is 24.3 Å². The third-order valence-corrected chi connectivity index (χ3v) is 5.14. The first-order valence-electron chi connectivity index (χ1n) is 7.01. The molecule has 1 saturated heterocycles. The third kappa shape index (κ3) is 4.21. The number of hydrogen-bond donors (Lipinski definition) is 2. The Labute approximate surface area is 126 Å². The molecule has 1 aromatic carbocycles. The average molecular weight is 307 g/mol. The van der Waals surface area contributed by atoms with E-state index in [2.05, 4.69) is 20.9 Å². The fourth-order valence-electron chi connectivity index (χ4n) is 2.45. The second kappa shape index (κ2) is 6.94. The second-order valence-corrected chi connectivity index (χ2v) is 7.02. The van der Waals surface area contributed by atoms with Gasteiger partial charge < -0.3 is 5.32 Å². The average Bonchev–Trinajstić information content (AvgIpc) is 2.50. The number of rotatable bonds is 5. The molecule has 0 spiro atoms. The van der Waals surface area contributed by atoms with Crippen molar-refractivity contribution in [3.05, 3.63) is 24.3 Å². The van der Waals surface area contributed by atoms with Gasteiger partial charge in [0.15, 0.2) is 0 Å². The minimum atomic E-state index is -3.36. The van der Waals surface area contributed by atoms with Crippen LogP contribution >= 0.6 is 0 Å². The normalized spacial score (nSPS) is 17.3. The summed E-state index contributed by atoms with van der Waals surface area (Å²) in [6.07, 6.45) is 7.40. The van der Waals surface area contributed by atoms with Crippen LogP contribution in [-0.4, -0.2) is 46.0 Å². The van der Waals surface area contributed by atoms with Crippen LogP contribution in [0.4, 0.5) is 5.69 Å². The van der Waals surface area contributed by atoms with Gasteiger partial charge in [-0.05, 0) is 44.2 Å². The van der Waals surface area contributed by atoms with Crippen molar-refractivity contribution in [1.82, 2.24) is 9.62 Å². The summed E-state index contributed by atoms with van der Waals surface area (Å²) in [5.41, 5.74) is 0.945. The van der Waals surface area contributed by atoms with E-state index in [-0.39, 0.29) is 4.90 Å². The standard InChI is InChI=1S/C15H21N3O2S/c1-3-10-18-11-8-14(9-12-18)17-13-4-6-15(7-5-13)21(19,20)16-2/h1,4-7,14,16-17H,8-12H2,2H3. The minimum absolute atomic E-state index is 0.277. The summed E-state index contributed by atoms with van der Waals surface area (Å²) in [6.45, 7) is 2.70. The molecule has 1 aliphatic rings. The number of nitrogens with one attached hydrogen (secondary N) is 2. The van der Waals surface area contributed by atoms with E-state index >= 15 is 0 Å². The Morgan fingerprint density at radius 2 is 1.90 bits per heavy atom. The van der Waals surface area contributed by atoms with Crippen molar-refractivity contribution in [1.29, 1.82) is 0 Å². The molecular formula is C15H21N3O2S. The van der Waals surface area contributed by atoms with Gasteiger partial charge in [0.2, 0.25) is 10.0 Å². The molecule has 1 aliphatic heterocycles. The summed E-state index contributed by atoms with van der Waals surface area (Å²) in [7, 11) is -1.96. The van der Waals surface area contributed by atoms with E-state index in [0.717, 1.165) is 31.6 Å². The summed E-state index contributed by atoms with van der Waals surface area (Å²) >= 11 is 0. The number of likely N-dealkylation sites (tertiary alicyclic amines) is 1. The molecular weight excluding hydrogens is 286 g/mol. The highest BCUT2D eigenvalue weighted by Gasteiger charge is 2.18. The molecule has 0 amide bonds. The molecule has 0 unspecified atom stereocenters. The molecule has 2 N–H and O–H groups in total. The van der Waals surface area contributed by atoms with E-state index in [1.807, 2.05) is 0 Å². The molecule has 1 aromatic rings. The molecule has 0 radical (unpaired) electrons. The van der Waals surface area contributed by atoms with Crippen LogP contribution in [0.3, 0.4) is 0 Å². The van der Waals surface area contributed by atoms with Crippen molar-refractivity contribution in [3.63, 3.8) is 0 Å². The lowest BCUT2D eigenvalue weighted by atomic mass is 10.0. The van der Waals surface area contributed by atoms with Crippen LogP contribution in [0, 0.1) is 12.3 Å². The van der Waals surface area contributed by atoms with Gasteiger partial charge in [0, 0.05) is 24.8 Å². The first kappa shape index (κ1) is 15.8. The molecule has 0 bridgehead atoms. The zero-order chi connectivity index (χ0) is 15.3. The third-order valence-electron chi connectivity index (χ3n) is 3.71. The number of terminal acetylenes is 1. The van der Waals surface area contributed by atoms with Gasteiger partial charge in [-0.3, -0.25) is 4.90 Å². The van der Waals surface area contributed by atoms with Crippen LogP contribution in [-0.2, 0) is 10.0 Å². The fraction of sp³-hybridized carbons (Fsp3) is 0.467. The molecule has 0 saturated carbocycles. The van der Waals surface area contributed by atoms with E-state index in [1.165, 1.54) is 7.05 Å². The zero-order valence-corrected chi connectivity index (χ0v) is 13.0. The summed E-state index contributed by atoms with van der Waals surface area (Å²) in [5, 5.41) is 3.45. The van der Waals surface area contributed by atoms with Crippen molar-refractivity contribution in [2.24, 2.45) is 0 Å². The summed E-state index contributed by atoms with van der Waals surface area (Å²) in [6, 6.07) is 7.24. The Morgan fingerprint density at radius 3 is 2.43 bits per heavy atom. The van der Waals surface area contributed by atoms with Gasteiger partial charge in [-0.25, -0.2) is 13.1 Å². The Balaban J connectivity index is 1.92. The maximum atomic E-state index is 11.6. The highest BCUT2D eigenvalue weighted by molar-refractivity contribution is 7.89. The number of hydrogen-bond acceptors (Lipinski definition) is 4. The minimum Gasteiger partial charge on any atom is -0.382 e. The summed E-state index contributed by atoms with van der Waals surface area (Å²) in [4.78, 5) is 2.54. The van der Waals surface area contributed by atoms with Crippen LogP contribution in [0.1, 0.15) is 12.8 Å². The maximum Gasteiger partial charge on any atom is 0.240 e. The van der Waals surface area contributed by atoms with E-state index in [4.69, 9.17) is 6.42 Å². The van der Waals surface area contributed by atoms with E-state index < -0.39 is 10.0 Å². The van der Waals surface area contributed by atoms with Gasteiger partial charge in [-0.15, -0.1) is 6.42 Å². The molecule has 2 rings (SSSR count). The number of anilines is 1. The summed E-state index contributed by atoms with van der Waals surface area (Å²) in [5.74, 6) is 2.67. The zero-order valence-electron chi connectivity index (χ0n) is 12.2. The number of piperidine rings is 1. The first-order chi connectivity index (χ1) is 10.0. The van der Waals surface area contributed by atoms with Crippen LogP contribution < -0.4 is 10.0 Å². The smallest absolute Gasteiger partial charge is 0.240 e. The van der Waals surface area contributed by atoms with Gasteiger partial charge in [-0.1, -0.05) is 5.92 Å². The van der Waals surface area contributed by atoms with E-state index in [9.17, 15) is 8.42 Å². The summed E-state index contributed by atoms with van der Waals surface area (Å²) < 4.78 is 25.6. The lowest BCUT2D eigenvalue weighted by Crippen LogP contribution is -2.39. The van der Waals surface area contributed by atoms with Crippen LogP contribution in [0.2, 0.25) is 0 Å². The van der Waals surface area contributed by atoms with Crippen molar-refractivity contribution in [3.8, 4) is 12.3 Å². The van der Waals surface area contributed by atoms with Crippen LogP contribution in [0.25, 0.3) is 0 Å².